The highest BCUT2D eigenvalue weighted by Crippen LogP contribution is 2.26. The van der Waals surface area contributed by atoms with E-state index in [2.05, 4.69) is 49.6 Å². The first-order valence-corrected chi connectivity index (χ1v) is 5.85. The summed E-state index contributed by atoms with van der Waals surface area (Å²) in [5, 5.41) is 10.3. The van der Waals surface area contributed by atoms with Crippen LogP contribution in [0.15, 0.2) is 24.3 Å². The summed E-state index contributed by atoms with van der Waals surface area (Å²) >= 11 is 0. The summed E-state index contributed by atoms with van der Waals surface area (Å²) in [5.74, 6) is 0. The number of hydrogen-bond acceptors (Lipinski definition) is 1. The Hall–Kier alpha value is -1.28. The maximum Gasteiger partial charge on any atom is 0.0487 e. The van der Waals surface area contributed by atoms with Crippen LogP contribution in [0.3, 0.4) is 0 Å². The smallest absolute Gasteiger partial charge is 0.0487 e. The standard InChI is InChI=1S/C14H19NO/c1-10(2)15-11(3)9-13-12(7-8-16)5-4-6-14(13)15/h4-6,9-10,16H,7-8H2,1-3H3. The molecular weight excluding hydrogens is 198 g/mol. The second kappa shape index (κ2) is 4.30. The van der Waals surface area contributed by atoms with Gasteiger partial charge in [0.1, 0.15) is 0 Å². The van der Waals surface area contributed by atoms with Gasteiger partial charge in [-0.1, -0.05) is 12.1 Å². The molecule has 0 saturated carbocycles. The molecule has 2 nitrogen and oxygen atoms in total. The first kappa shape index (κ1) is 11.2. The maximum absolute atomic E-state index is 9.06. The molecule has 1 aromatic carbocycles. The summed E-state index contributed by atoms with van der Waals surface area (Å²) < 4.78 is 2.34. The second-order valence-corrected chi connectivity index (χ2v) is 4.57. The lowest BCUT2D eigenvalue weighted by molar-refractivity contribution is 0.300. The van der Waals surface area contributed by atoms with Gasteiger partial charge in [-0.05, 0) is 44.9 Å². The Kier molecular flexibility index (Phi) is 3.01. The van der Waals surface area contributed by atoms with Crippen molar-refractivity contribution in [2.75, 3.05) is 6.61 Å². The Bertz CT molecular complexity index is 497. The second-order valence-electron chi connectivity index (χ2n) is 4.57. The van der Waals surface area contributed by atoms with Crippen molar-refractivity contribution in [3.63, 3.8) is 0 Å². The number of hydrogen-bond donors (Lipinski definition) is 1. The van der Waals surface area contributed by atoms with Crippen LogP contribution in [0.1, 0.15) is 31.1 Å². The zero-order chi connectivity index (χ0) is 11.7. The van der Waals surface area contributed by atoms with Crippen molar-refractivity contribution in [1.29, 1.82) is 0 Å². The van der Waals surface area contributed by atoms with Crippen molar-refractivity contribution in [2.45, 2.75) is 33.2 Å². The third kappa shape index (κ3) is 1.74. The molecule has 0 amide bonds. The van der Waals surface area contributed by atoms with Gasteiger partial charge in [0.2, 0.25) is 0 Å². The average molecular weight is 217 g/mol. The summed E-state index contributed by atoms with van der Waals surface area (Å²) in [6.45, 7) is 6.75. The number of aromatic nitrogens is 1. The largest absolute Gasteiger partial charge is 0.396 e. The summed E-state index contributed by atoms with van der Waals surface area (Å²) in [5.41, 5.74) is 3.80. The van der Waals surface area contributed by atoms with Crippen LogP contribution in [-0.2, 0) is 6.42 Å². The van der Waals surface area contributed by atoms with Crippen LogP contribution >= 0.6 is 0 Å². The highest BCUT2D eigenvalue weighted by Gasteiger charge is 2.10. The Balaban J connectivity index is 2.67. The van der Waals surface area contributed by atoms with Crippen LogP contribution in [0, 0.1) is 6.92 Å². The molecule has 0 spiro atoms. The molecule has 2 heteroatoms. The fraction of sp³-hybridized carbons (Fsp3) is 0.429. The third-order valence-electron chi connectivity index (χ3n) is 3.06. The molecule has 0 saturated heterocycles. The monoisotopic (exact) mass is 217 g/mol. The van der Waals surface area contributed by atoms with E-state index in [0.717, 1.165) is 6.42 Å². The minimum Gasteiger partial charge on any atom is -0.396 e. The molecule has 0 radical (unpaired) electrons. The zero-order valence-corrected chi connectivity index (χ0v) is 10.2. The summed E-state index contributed by atoms with van der Waals surface area (Å²) in [7, 11) is 0. The van der Waals surface area contributed by atoms with Gasteiger partial charge in [0.05, 0.1) is 0 Å². The molecule has 0 aliphatic heterocycles. The van der Waals surface area contributed by atoms with Crippen LogP contribution < -0.4 is 0 Å². The predicted octanol–water partition coefficient (Wildman–Crippen LogP) is 3.07. The van der Waals surface area contributed by atoms with E-state index in [1.165, 1.54) is 22.2 Å². The molecule has 2 aromatic rings. The Morgan fingerprint density at radius 1 is 1.31 bits per heavy atom. The van der Waals surface area contributed by atoms with Gasteiger partial charge in [-0.3, -0.25) is 0 Å². The van der Waals surface area contributed by atoms with E-state index in [9.17, 15) is 0 Å². The van der Waals surface area contributed by atoms with Crippen molar-refractivity contribution in [2.24, 2.45) is 0 Å². The van der Waals surface area contributed by atoms with E-state index in [1.54, 1.807) is 0 Å². The van der Waals surface area contributed by atoms with E-state index in [4.69, 9.17) is 5.11 Å². The van der Waals surface area contributed by atoms with Crippen molar-refractivity contribution in [3.8, 4) is 0 Å². The zero-order valence-electron chi connectivity index (χ0n) is 10.2. The fourth-order valence-corrected chi connectivity index (χ4v) is 2.47. The van der Waals surface area contributed by atoms with Gasteiger partial charge >= 0.3 is 0 Å². The quantitative estimate of drug-likeness (QED) is 0.839. The van der Waals surface area contributed by atoms with Gasteiger partial charge in [0, 0.05) is 29.2 Å². The van der Waals surface area contributed by atoms with Crippen molar-refractivity contribution < 1.29 is 5.11 Å². The van der Waals surface area contributed by atoms with Gasteiger partial charge in [0.25, 0.3) is 0 Å². The number of fused-ring (bicyclic) bond motifs is 1. The molecule has 1 heterocycles. The van der Waals surface area contributed by atoms with E-state index in [0.29, 0.717) is 6.04 Å². The number of benzene rings is 1. The van der Waals surface area contributed by atoms with Gasteiger partial charge in [-0.15, -0.1) is 0 Å². The van der Waals surface area contributed by atoms with Crippen molar-refractivity contribution in [3.05, 3.63) is 35.5 Å². The topological polar surface area (TPSA) is 25.2 Å². The maximum atomic E-state index is 9.06. The number of aliphatic hydroxyl groups excluding tert-OH is 1. The highest BCUT2D eigenvalue weighted by atomic mass is 16.2. The lowest BCUT2D eigenvalue weighted by Crippen LogP contribution is -2.02. The molecular formula is C14H19NO. The third-order valence-corrected chi connectivity index (χ3v) is 3.06. The molecule has 0 aliphatic carbocycles. The van der Waals surface area contributed by atoms with Gasteiger partial charge < -0.3 is 9.67 Å². The highest BCUT2D eigenvalue weighted by molar-refractivity contribution is 5.85. The van der Waals surface area contributed by atoms with E-state index >= 15 is 0 Å². The SMILES string of the molecule is Cc1cc2c(CCO)cccc2n1C(C)C. The minimum atomic E-state index is 0.213. The van der Waals surface area contributed by atoms with E-state index < -0.39 is 0 Å². The molecule has 0 atom stereocenters. The molecule has 0 unspecified atom stereocenters. The number of aryl methyl sites for hydroxylation is 1. The molecule has 2 rings (SSSR count). The molecule has 1 N–H and O–H groups in total. The number of rotatable bonds is 3. The summed E-state index contributed by atoms with van der Waals surface area (Å²) in [6, 6.07) is 9.03. The number of nitrogens with zero attached hydrogens (tertiary/aromatic N) is 1. The lowest BCUT2D eigenvalue weighted by atomic mass is 10.1. The molecule has 16 heavy (non-hydrogen) atoms. The number of aliphatic hydroxyl groups is 1. The Labute approximate surface area is 96.5 Å². The summed E-state index contributed by atoms with van der Waals surface area (Å²) in [6.07, 6.45) is 0.735. The van der Waals surface area contributed by atoms with Crippen LogP contribution in [0.2, 0.25) is 0 Å². The van der Waals surface area contributed by atoms with Gasteiger partial charge in [-0.25, -0.2) is 0 Å². The van der Waals surface area contributed by atoms with E-state index in [-0.39, 0.29) is 6.61 Å². The fourth-order valence-electron chi connectivity index (χ4n) is 2.47. The van der Waals surface area contributed by atoms with Crippen LogP contribution in [0.25, 0.3) is 10.9 Å². The normalized spacial score (nSPS) is 11.6. The predicted molar refractivity (Wildman–Crippen MR) is 67.8 cm³/mol. The average Bonchev–Trinajstić information content (AvgIpc) is 2.55. The first-order chi connectivity index (χ1) is 7.65. The Morgan fingerprint density at radius 2 is 2.06 bits per heavy atom. The summed E-state index contributed by atoms with van der Waals surface area (Å²) in [4.78, 5) is 0. The van der Waals surface area contributed by atoms with Crippen molar-refractivity contribution >= 4 is 10.9 Å². The van der Waals surface area contributed by atoms with E-state index in [1.807, 2.05) is 0 Å². The van der Waals surface area contributed by atoms with Gasteiger partial charge in [0.15, 0.2) is 0 Å². The van der Waals surface area contributed by atoms with Crippen molar-refractivity contribution in [1.82, 2.24) is 4.57 Å². The first-order valence-electron chi connectivity index (χ1n) is 5.85. The van der Waals surface area contributed by atoms with Crippen LogP contribution in [-0.4, -0.2) is 16.3 Å². The van der Waals surface area contributed by atoms with Gasteiger partial charge in [-0.2, -0.15) is 0 Å². The minimum absolute atomic E-state index is 0.213. The molecule has 0 aliphatic rings. The molecule has 0 bridgehead atoms. The lowest BCUT2D eigenvalue weighted by Gasteiger charge is -2.12. The Morgan fingerprint density at radius 3 is 2.69 bits per heavy atom. The van der Waals surface area contributed by atoms with Crippen LogP contribution in [0.5, 0.6) is 0 Å². The molecule has 0 fully saturated rings. The molecule has 1 aromatic heterocycles. The van der Waals surface area contributed by atoms with Crippen LogP contribution in [0.4, 0.5) is 0 Å². The molecule has 86 valence electrons.